The molecule has 0 aliphatic carbocycles. The molecule has 1 atom stereocenters. The van der Waals surface area contributed by atoms with Crippen molar-refractivity contribution in [1.29, 1.82) is 0 Å². The van der Waals surface area contributed by atoms with Crippen LogP contribution in [0.2, 0.25) is 0 Å². The topological polar surface area (TPSA) is 43.1 Å². The molecular weight excluding hydrogens is 90.1 g/mol. The number of hydrogen-bond donors (Lipinski definition) is 1. The minimum atomic E-state index is -0.403. The predicted octanol–water partition coefficient (Wildman–Crippen LogP) is 0.0794. The van der Waals surface area contributed by atoms with Gasteiger partial charge in [0.1, 0.15) is 0 Å². The van der Waals surface area contributed by atoms with Gasteiger partial charge in [-0.05, 0) is 5.92 Å². The first kappa shape index (κ1) is 6.63. The van der Waals surface area contributed by atoms with Crippen molar-refractivity contribution in [3.05, 3.63) is 0 Å². The minimum absolute atomic E-state index is 0.220. The Morgan fingerprint density at radius 2 is 2.00 bits per heavy atom. The number of nitrogens with two attached hydrogens (primary N) is 1. The molecule has 0 bridgehead atoms. The highest BCUT2D eigenvalue weighted by Crippen LogP contribution is 1.92. The zero-order valence-electron chi connectivity index (χ0n) is 4.64. The normalized spacial score (nSPS) is 14.3. The molecule has 2 N–H and O–H groups in total. The molecule has 7 heavy (non-hydrogen) atoms. The molecule has 2 heteroatoms. The highest BCUT2D eigenvalue weighted by molar-refractivity contribution is 5.58. The Morgan fingerprint density at radius 1 is 1.57 bits per heavy atom. The zero-order chi connectivity index (χ0) is 5.86. The van der Waals surface area contributed by atoms with Crippen molar-refractivity contribution in [2.75, 3.05) is 0 Å². The van der Waals surface area contributed by atoms with Crippen molar-refractivity contribution in [3.8, 4) is 0 Å². The Balaban J connectivity index is 3.33. The molecule has 1 radical (unpaired) electrons. The molecule has 0 heterocycles. The summed E-state index contributed by atoms with van der Waals surface area (Å²) in [5, 5.41) is 0. The molecule has 0 aliphatic rings. The van der Waals surface area contributed by atoms with Crippen LogP contribution in [0, 0.1) is 5.92 Å². The summed E-state index contributed by atoms with van der Waals surface area (Å²) in [6, 6.07) is -0.403. The van der Waals surface area contributed by atoms with Crippen LogP contribution in [0.15, 0.2) is 0 Å². The Labute approximate surface area is 43.7 Å². The van der Waals surface area contributed by atoms with Gasteiger partial charge in [0.25, 0.3) is 0 Å². The van der Waals surface area contributed by atoms with Crippen LogP contribution in [-0.2, 0) is 4.79 Å². The van der Waals surface area contributed by atoms with Crippen molar-refractivity contribution < 1.29 is 4.79 Å². The van der Waals surface area contributed by atoms with E-state index in [-0.39, 0.29) is 5.92 Å². The maximum absolute atomic E-state index is 9.70. The van der Waals surface area contributed by atoms with Gasteiger partial charge in [-0.15, -0.1) is 0 Å². The third-order valence-corrected chi connectivity index (χ3v) is 0.854. The standard InChI is InChI=1S/C5H10NO/c1-4(2)5(6)3-7/h4-5H,6H2,1-2H3/t5-/m1/s1. The largest absolute Gasteiger partial charge is 0.321 e. The fourth-order valence-electron chi connectivity index (χ4n) is 0.136. The van der Waals surface area contributed by atoms with E-state index in [4.69, 9.17) is 5.73 Å². The van der Waals surface area contributed by atoms with Gasteiger partial charge in [0.2, 0.25) is 6.29 Å². The molecule has 0 aromatic heterocycles. The number of hydrogen-bond acceptors (Lipinski definition) is 2. The smallest absolute Gasteiger partial charge is 0.216 e. The Kier molecular flexibility index (Phi) is 2.60. The van der Waals surface area contributed by atoms with Crippen LogP contribution in [0.4, 0.5) is 0 Å². The lowest BCUT2D eigenvalue weighted by Crippen LogP contribution is -2.27. The highest BCUT2D eigenvalue weighted by Gasteiger charge is 2.03. The molecule has 0 fully saturated rings. The molecular formula is C5H10NO. The van der Waals surface area contributed by atoms with E-state index in [1.165, 1.54) is 0 Å². The Hall–Kier alpha value is -0.370. The van der Waals surface area contributed by atoms with Crippen molar-refractivity contribution >= 4 is 6.29 Å². The fraction of sp³-hybridized carbons (Fsp3) is 0.800. The van der Waals surface area contributed by atoms with Crippen LogP contribution in [-0.4, -0.2) is 12.3 Å². The van der Waals surface area contributed by atoms with Gasteiger partial charge in [0.15, 0.2) is 0 Å². The summed E-state index contributed by atoms with van der Waals surface area (Å²) in [7, 11) is 0. The van der Waals surface area contributed by atoms with Crippen LogP contribution >= 0.6 is 0 Å². The summed E-state index contributed by atoms with van der Waals surface area (Å²) in [5.41, 5.74) is 5.19. The Morgan fingerprint density at radius 3 is 2.00 bits per heavy atom. The molecule has 0 amide bonds. The lowest BCUT2D eigenvalue weighted by Gasteiger charge is -2.03. The van der Waals surface area contributed by atoms with Crippen molar-refractivity contribution in [2.24, 2.45) is 11.7 Å². The quantitative estimate of drug-likeness (QED) is 0.534. The van der Waals surface area contributed by atoms with E-state index < -0.39 is 6.04 Å². The van der Waals surface area contributed by atoms with E-state index in [1.807, 2.05) is 13.8 Å². The number of carbonyl (C=O) groups excluding carboxylic acids is 1. The Bertz CT molecular complexity index is 61.1. The van der Waals surface area contributed by atoms with E-state index >= 15 is 0 Å². The third kappa shape index (κ3) is 2.34. The summed E-state index contributed by atoms with van der Waals surface area (Å²) in [4.78, 5) is 9.70. The average Bonchev–Trinajstić information content (AvgIpc) is 1.65. The zero-order valence-corrected chi connectivity index (χ0v) is 4.64. The first-order valence-corrected chi connectivity index (χ1v) is 2.31. The molecule has 0 rings (SSSR count). The van der Waals surface area contributed by atoms with Gasteiger partial charge < -0.3 is 5.73 Å². The van der Waals surface area contributed by atoms with Crippen LogP contribution < -0.4 is 5.73 Å². The average molecular weight is 100 g/mol. The highest BCUT2D eigenvalue weighted by atomic mass is 16.1. The second-order valence-electron chi connectivity index (χ2n) is 1.89. The van der Waals surface area contributed by atoms with Crippen LogP contribution in [0.25, 0.3) is 0 Å². The van der Waals surface area contributed by atoms with Gasteiger partial charge in [-0.3, -0.25) is 4.79 Å². The first-order valence-electron chi connectivity index (χ1n) is 2.31. The van der Waals surface area contributed by atoms with Crippen molar-refractivity contribution in [1.82, 2.24) is 0 Å². The molecule has 0 unspecified atom stereocenters. The number of rotatable bonds is 2. The molecule has 2 nitrogen and oxygen atoms in total. The third-order valence-electron chi connectivity index (χ3n) is 0.854. The summed E-state index contributed by atoms with van der Waals surface area (Å²) in [5.74, 6) is 0.220. The van der Waals surface area contributed by atoms with Crippen LogP contribution in [0.3, 0.4) is 0 Å². The van der Waals surface area contributed by atoms with Crippen LogP contribution in [0.5, 0.6) is 0 Å². The maximum Gasteiger partial charge on any atom is 0.216 e. The van der Waals surface area contributed by atoms with Gasteiger partial charge in [0, 0.05) is 0 Å². The molecule has 0 spiro atoms. The molecule has 0 aromatic rings. The van der Waals surface area contributed by atoms with E-state index in [0.29, 0.717) is 0 Å². The van der Waals surface area contributed by atoms with Gasteiger partial charge in [-0.2, -0.15) is 0 Å². The van der Waals surface area contributed by atoms with Gasteiger partial charge >= 0.3 is 0 Å². The van der Waals surface area contributed by atoms with E-state index in [0.717, 1.165) is 0 Å². The second kappa shape index (κ2) is 2.75. The monoisotopic (exact) mass is 100 g/mol. The van der Waals surface area contributed by atoms with Gasteiger partial charge in [-0.25, -0.2) is 0 Å². The van der Waals surface area contributed by atoms with Gasteiger partial charge in [0.05, 0.1) is 6.04 Å². The second-order valence-corrected chi connectivity index (χ2v) is 1.89. The molecule has 0 aromatic carbocycles. The predicted molar refractivity (Wildman–Crippen MR) is 28.5 cm³/mol. The molecule has 0 saturated carbocycles. The first-order chi connectivity index (χ1) is 3.18. The van der Waals surface area contributed by atoms with Crippen molar-refractivity contribution in [3.63, 3.8) is 0 Å². The van der Waals surface area contributed by atoms with Gasteiger partial charge in [-0.1, -0.05) is 13.8 Å². The van der Waals surface area contributed by atoms with E-state index in [2.05, 4.69) is 0 Å². The summed E-state index contributed by atoms with van der Waals surface area (Å²) in [6.07, 6.45) is 1.69. The summed E-state index contributed by atoms with van der Waals surface area (Å²) < 4.78 is 0. The molecule has 41 valence electrons. The van der Waals surface area contributed by atoms with E-state index in [9.17, 15) is 4.79 Å². The fourth-order valence-corrected chi connectivity index (χ4v) is 0.136. The minimum Gasteiger partial charge on any atom is -0.321 e. The molecule has 0 aliphatic heterocycles. The maximum atomic E-state index is 9.70. The summed E-state index contributed by atoms with van der Waals surface area (Å²) in [6.45, 7) is 3.77. The SMILES string of the molecule is CC(C)[C@H](N)[C]=O. The lowest BCUT2D eigenvalue weighted by atomic mass is 10.1. The summed E-state index contributed by atoms with van der Waals surface area (Å²) >= 11 is 0. The van der Waals surface area contributed by atoms with E-state index in [1.54, 1.807) is 6.29 Å². The van der Waals surface area contributed by atoms with Crippen molar-refractivity contribution in [2.45, 2.75) is 19.9 Å². The lowest BCUT2D eigenvalue weighted by molar-refractivity contribution is 0.506. The van der Waals surface area contributed by atoms with Crippen LogP contribution in [0.1, 0.15) is 13.8 Å². The molecule has 0 saturated heterocycles.